The van der Waals surface area contributed by atoms with Crippen LogP contribution in [0.15, 0.2) is 0 Å². The zero-order chi connectivity index (χ0) is 39.7. The van der Waals surface area contributed by atoms with Gasteiger partial charge in [-0.3, -0.25) is 19.2 Å². The number of hydrogen-bond donors (Lipinski definition) is 1. The summed E-state index contributed by atoms with van der Waals surface area (Å²) >= 11 is 0. The van der Waals surface area contributed by atoms with E-state index in [2.05, 4.69) is 27.7 Å². The van der Waals surface area contributed by atoms with E-state index in [-0.39, 0.29) is 81.9 Å². The Kier molecular flexibility index (Phi) is 23.9. The maximum atomic E-state index is 13.4. The Bertz CT molecular complexity index is 1070. The molecule has 4 atom stereocenters. The van der Waals surface area contributed by atoms with Gasteiger partial charge in [-0.2, -0.15) is 0 Å². The van der Waals surface area contributed by atoms with Gasteiger partial charge in [0.1, 0.15) is 19.5 Å². The average Bonchev–Trinajstić information content (AvgIpc) is 3.12. The van der Waals surface area contributed by atoms with Crippen molar-refractivity contribution in [1.29, 1.82) is 0 Å². The van der Waals surface area contributed by atoms with Crippen LogP contribution in [0.2, 0.25) is 0 Å². The maximum absolute atomic E-state index is 13.4. The number of ether oxygens (including phenoxy) is 5. The molecular formula is C43H74O11. The summed E-state index contributed by atoms with van der Waals surface area (Å²) in [6.45, 7) is 8.34. The molecule has 2 bridgehead atoms. The molecule has 2 rings (SSSR count). The molecule has 0 aromatic heterocycles. The van der Waals surface area contributed by atoms with E-state index in [0.717, 1.165) is 83.3 Å². The lowest BCUT2D eigenvalue weighted by molar-refractivity contribution is -0.164. The summed E-state index contributed by atoms with van der Waals surface area (Å²) in [7, 11) is 0. The first kappa shape index (κ1) is 47.6. The van der Waals surface area contributed by atoms with E-state index in [1.807, 2.05) is 0 Å². The third-order valence-corrected chi connectivity index (χ3v) is 11.1. The van der Waals surface area contributed by atoms with Crippen molar-refractivity contribution >= 4 is 30.2 Å². The minimum absolute atomic E-state index is 0.0180. The smallest absolute Gasteiger partial charge is 0.306 e. The lowest BCUT2D eigenvalue weighted by atomic mass is 9.56. The molecule has 2 saturated carbocycles. The Morgan fingerprint density at radius 1 is 0.685 bits per heavy atom. The summed E-state index contributed by atoms with van der Waals surface area (Å²) < 4.78 is 27.9. The third-order valence-electron chi connectivity index (χ3n) is 11.1. The number of aliphatic hydroxyl groups excluding tert-OH is 1. The second-order valence-corrected chi connectivity index (χ2v) is 16.9. The van der Waals surface area contributed by atoms with Crippen LogP contribution < -0.4 is 0 Å². The standard InChI is InChI=1S/C43H74O11/c1-5-7-9-11-13-20-51-38(46)16-15-17-39(47)53-32-43(30-45,31-50-29-36(28-44)18-19-40(48)52-21-14-12-10-8-6-2)33-54-41(49)27-42-24-34(3)22-37(26-42)23-35(4)25-42/h28,34-37,45H,5-27,29-33H2,1-4H3. The number of esters is 4. The van der Waals surface area contributed by atoms with Crippen molar-refractivity contribution in [3.63, 3.8) is 0 Å². The molecule has 2 aliphatic carbocycles. The average molecular weight is 767 g/mol. The predicted molar refractivity (Wildman–Crippen MR) is 206 cm³/mol. The Morgan fingerprint density at radius 3 is 1.74 bits per heavy atom. The lowest BCUT2D eigenvalue weighted by Crippen LogP contribution is -2.44. The Morgan fingerprint density at radius 2 is 1.20 bits per heavy atom. The normalized spacial score (nSPS) is 22.4. The molecule has 4 unspecified atom stereocenters. The van der Waals surface area contributed by atoms with Crippen LogP contribution in [0.5, 0.6) is 0 Å². The third kappa shape index (κ3) is 19.9. The molecule has 0 heterocycles. The second kappa shape index (κ2) is 27.1. The molecule has 0 aromatic rings. The van der Waals surface area contributed by atoms with Gasteiger partial charge in [-0.25, -0.2) is 0 Å². The summed E-state index contributed by atoms with van der Waals surface area (Å²) in [6, 6.07) is 0. The van der Waals surface area contributed by atoms with Crippen molar-refractivity contribution < 1.29 is 52.8 Å². The fraction of sp³-hybridized carbons (Fsp3) is 0.884. The molecule has 0 aromatic carbocycles. The fourth-order valence-corrected chi connectivity index (χ4v) is 8.51. The number of aldehydes is 1. The van der Waals surface area contributed by atoms with Gasteiger partial charge >= 0.3 is 23.9 Å². The monoisotopic (exact) mass is 767 g/mol. The van der Waals surface area contributed by atoms with Crippen LogP contribution in [-0.4, -0.2) is 81.5 Å². The summed E-state index contributed by atoms with van der Waals surface area (Å²) in [4.78, 5) is 62.4. The lowest BCUT2D eigenvalue weighted by Gasteiger charge is -2.49. The van der Waals surface area contributed by atoms with Crippen molar-refractivity contribution in [2.24, 2.45) is 34.5 Å². The summed E-state index contributed by atoms with van der Waals surface area (Å²) in [5, 5.41) is 10.6. The molecule has 0 spiro atoms. The minimum Gasteiger partial charge on any atom is -0.466 e. The van der Waals surface area contributed by atoms with E-state index in [1.165, 1.54) is 19.3 Å². The molecule has 1 N–H and O–H groups in total. The van der Waals surface area contributed by atoms with Gasteiger partial charge in [0.25, 0.3) is 0 Å². The highest BCUT2D eigenvalue weighted by molar-refractivity contribution is 5.72. The van der Waals surface area contributed by atoms with Crippen LogP contribution in [-0.2, 0) is 47.7 Å². The van der Waals surface area contributed by atoms with Crippen molar-refractivity contribution in [2.45, 2.75) is 163 Å². The minimum atomic E-state index is -1.27. The number of fused-ring (bicyclic) bond motifs is 2. The highest BCUT2D eigenvalue weighted by Gasteiger charge is 2.46. The van der Waals surface area contributed by atoms with Gasteiger partial charge in [0.15, 0.2) is 0 Å². The van der Waals surface area contributed by atoms with E-state index in [9.17, 15) is 29.1 Å². The molecule has 0 amide bonds. The predicted octanol–water partition coefficient (Wildman–Crippen LogP) is 8.10. The fourth-order valence-electron chi connectivity index (χ4n) is 8.51. The molecule has 11 nitrogen and oxygen atoms in total. The Labute approximate surface area is 325 Å². The number of carbonyl (C=O) groups is 5. The zero-order valence-electron chi connectivity index (χ0n) is 34.2. The van der Waals surface area contributed by atoms with Crippen LogP contribution in [0.4, 0.5) is 0 Å². The highest BCUT2D eigenvalue weighted by atomic mass is 16.6. The van der Waals surface area contributed by atoms with Crippen LogP contribution in [0.3, 0.4) is 0 Å². The number of carbonyl (C=O) groups excluding carboxylic acids is 5. The summed E-state index contributed by atoms with van der Waals surface area (Å²) in [5.74, 6) is -0.485. The molecule has 2 fully saturated rings. The molecule has 54 heavy (non-hydrogen) atoms. The van der Waals surface area contributed by atoms with Crippen molar-refractivity contribution in [1.82, 2.24) is 0 Å². The highest BCUT2D eigenvalue weighted by Crippen LogP contribution is 2.54. The topological polar surface area (TPSA) is 152 Å². The van der Waals surface area contributed by atoms with Gasteiger partial charge in [0.2, 0.25) is 0 Å². The van der Waals surface area contributed by atoms with E-state index in [1.54, 1.807) is 0 Å². The summed E-state index contributed by atoms with van der Waals surface area (Å²) in [6.07, 6.45) is 17.6. The van der Waals surface area contributed by atoms with E-state index in [4.69, 9.17) is 23.7 Å². The van der Waals surface area contributed by atoms with Gasteiger partial charge in [-0.05, 0) is 81.0 Å². The Hall–Kier alpha value is -2.53. The van der Waals surface area contributed by atoms with Gasteiger partial charge in [0.05, 0.1) is 44.9 Å². The number of hydrogen-bond acceptors (Lipinski definition) is 11. The number of rotatable bonds is 31. The van der Waals surface area contributed by atoms with Crippen LogP contribution in [0.25, 0.3) is 0 Å². The first-order valence-corrected chi connectivity index (χ1v) is 21.2. The first-order chi connectivity index (χ1) is 26.0. The number of unbranched alkanes of at least 4 members (excludes halogenated alkanes) is 8. The molecule has 312 valence electrons. The molecule has 2 aliphatic rings. The second-order valence-electron chi connectivity index (χ2n) is 16.9. The quantitative estimate of drug-likeness (QED) is 0.0315. The molecule has 11 heteroatoms. The Balaban J connectivity index is 1.92. The van der Waals surface area contributed by atoms with Crippen molar-refractivity contribution in [2.75, 3.05) is 46.2 Å². The summed E-state index contributed by atoms with van der Waals surface area (Å²) in [5.41, 5.74) is -1.36. The van der Waals surface area contributed by atoms with Gasteiger partial charge < -0.3 is 33.6 Å². The molecule has 0 radical (unpaired) electrons. The van der Waals surface area contributed by atoms with Gasteiger partial charge in [-0.1, -0.05) is 79.1 Å². The molecular weight excluding hydrogens is 692 g/mol. The van der Waals surface area contributed by atoms with Crippen molar-refractivity contribution in [3.8, 4) is 0 Å². The first-order valence-electron chi connectivity index (χ1n) is 21.2. The zero-order valence-corrected chi connectivity index (χ0v) is 34.2. The van der Waals surface area contributed by atoms with Crippen LogP contribution >= 0.6 is 0 Å². The van der Waals surface area contributed by atoms with E-state index >= 15 is 0 Å². The van der Waals surface area contributed by atoms with E-state index in [0.29, 0.717) is 37.4 Å². The van der Waals surface area contributed by atoms with Crippen LogP contribution in [0, 0.1) is 34.5 Å². The number of aliphatic hydroxyl groups is 1. The van der Waals surface area contributed by atoms with Gasteiger partial charge in [-0.15, -0.1) is 0 Å². The molecule has 0 saturated heterocycles. The SMILES string of the molecule is CCCCCCCOC(=O)CCCC(=O)OCC(CO)(COCC(C=O)CCC(=O)OCCCCCCC)COC(=O)CC12CC(C)CC(CC(C)C1)C2. The largest absolute Gasteiger partial charge is 0.466 e. The molecule has 0 aliphatic heterocycles. The van der Waals surface area contributed by atoms with Gasteiger partial charge in [0, 0.05) is 25.2 Å². The van der Waals surface area contributed by atoms with Crippen molar-refractivity contribution in [3.05, 3.63) is 0 Å². The van der Waals surface area contributed by atoms with Crippen LogP contribution in [0.1, 0.15) is 163 Å². The van der Waals surface area contributed by atoms with E-state index < -0.39 is 23.9 Å². The maximum Gasteiger partial charge on any atom is 0.306 e.